The molecule has 4 rings (SSSR count). The van der Waals surface area contributed by atoms with Gasteiger partial charge in [-0.2, -0.15) is 0 Å². The van der Waals surface area contributed by atoms with Crippen LogP contribution in [0, 0.1) is 0 Å². The Labute approximate surface area is 165 Å². The summed E-state index contributed by atoms with van der Waals surface area (Å²) in [6.45, 7) is 0.182. The summed E-state index contributed by atoms with van der Waals surface area (Å²) in [5, 5.41) is 6.07. The van der Waals surface area contributed by atoms with Crippen molar-refractivity contribution in [2.45, 2.75) is 6.42 Å². The maximum absolute atomic E-state index is 12.8. The fraction of sp³-hybridized carbons (Fsp3) is 0.105. The molecule has 3 amide bonds. The summed E-state index contributed by atoms with van der Waals surface area (Å²) in [4.78, 5) is 38.7. The number of carbonyl (C=O) groups is 2. The number of amides is 3. The highest BCUT2D eigenvalue weighted by atomic mass is 35.5. The predicted octanol–water partition coefficient (Wildman–Crippen LogP) is 3.57. The molecular formula is C19H15ClN6O2. The van der Waals surface area contributed by atoms with E-state index in [9.17, 15) is 9.59 Å². The van der Waals surface area contributed by atoms with E-state index in [0.29, 0.717) is 28.0 Å². The minimum absolute atomic E-state index is 0.153. The van der Waals surface area contributed by atoms with Crippen molar-refractivity contribution >= 4 is 40.9 Å². The number of hydrogen-bond acceptors (Lipinski definition) is 5. The van der Waals surface area contributed by atoms with E-state index < -0.39 is 6.03 Å². The van der Waals surface area contributed by atoms with E-state index in [0.717, 1.165) is 5.56 Å². The van der Waals surface area contributed by atoms with E-state index in [-0.39, 0.29) is 18.9 Å². The summed E-state index contributed by atoms with van der Waals surface area (Å²) in [6.07, 6.45) is 3.02. The molecule has 1 aromatic carbocycles. The SMILES string of the molecule is O=C1CCN(C(=O)Nc2ccncn2)c2nc(-c3cccc(Cl)c3)ccc2N1. The van der Waals surface area contributed by atoms with Crippen LogP contribution in [0.3, 0.4) is 0 Å². The Morgan fingerprint density at radius 3 is 2.89 bits per heavy atom. The Kier molecular flexibility index (Phi) is 4.86. The van der Waals surface area contributed by atoms with Crippen molar-refractivity contribution < 1.29 is 9.59 Å². The first-order valence-electron chi connectivity index (χ1n) is 8.51. The number of benzene rings is 1. The predicted molar refractivity (Wildman–Crippen MR) is 106 cm³/mol. The minimum Gasteiger partial charge on any atom is -0.323 e. The molecule has 0 spiro atoms. The Hall–Kier alpha value is -3.52. The summed E-state index contributed by atoms with van der Waals surface area (Å²) in [6, 6.07) is 11.9. The summed E-state index contributed by atoms with van der Waals surface area (Å²) < 4.78 is 0. The lowest BCUT2D eigenvalue weighted by atomic mass is 10.1. The molecule has 2 aromatic heterocycles. The smallest absolute Gasteiger partial charge is 0.323 e. The number of fused-ring (bicyclic) bond motifs is 1. The minimum atomic E-state index is -0.438. The molecule has 140 valence electrons. The monoisotopic (exact) mass is 394 g/mol. The third kappa shape index (κ3) is 3.77. The standard InChI is InChI=1S/C19H15ClN6O2/c20-13-3-1-2-12(10-13)14-4-5-15-18(24-14)26(9-7-17(27)23-15)19(28)25-16-6-8-21-11-22-16/h1-6,8,10-11H,7,9H2,(H,23,27)(H,21,22,25,28). The molecule has 0 aliphatic carbocycles. The molecule has 28 heavy (non-hydrogen) atoms. The van der Waals surface area contributed by atoms with Crippen LogP contribution in [0.2, 0.25) is 5.02 Å². The molecule has 0 fully saturated rings. The summed E-state index contributed by atoms with van der Waals surface area (Å²) in [5.41, 5.74) is 1.91. The molecule has 8 nitrogen and oxygen atoms in total. The van der Waals surface area contributed by atoms with E-state index in [1.165, 1.54) is 17.4 Å². The van der Waals surface area contributed by atoms with Gasteiger partial charge in [-0.05, 0) is 30.3 Å². The third-order valence-corrected chi connectivity index (χ3v) is 4.38. The average Bonchev–Trinajstić information content (AvgIpc) is 2.86. The van der Waals surface area contributed by atoms with Crippen LogP contribution in [0.4, 0.5) is 22.1 Å². The third-order valence-electron chi connectivity index (χ3n) is 4.15. The zero-order chi connectivity index (χ0) is 19.5. The van der Waals surface area contributed by atoms with Gasteiger partial charge in [-0.3, -0.25) is 15.0 Å². The van der Waals surface area contributed by atoms with E-state index >= 15 is 0 Å². The van der Waals surface area contributed by atoms with Gasteiger partial charge in [0.15, 0.2) is 5.82 Å². The summed E-state index contributed by atoms with van der Waals surface area (Å²) in [7, 11) is 0. The molecule has 1 aliphatic rings. The first-order valence-corrected chi connectivity index (χ1v) is 8.89. The van der Waals surface area contributed by atoms with Gasteiger partial charge in [-0.25, -0.2) is 19.7 Å². The van der Waals surface area contributed by atoms with Crippen molar-refractivity contribution in [2.24, 2.45) is 0 Å². The van der Waals surface area contributed by atoms with Crippen molar-refractivity contribution in [3.63, 3.8) is 0 Å². The number of aromatic nitrogens is 3. The Morgan fingerprint density at radius 1 is 1.21 bits per heavy atom. The van der Waals surface area contributed by atoms with Crippen molar-refractivity contribution in [3.8, 4) is 11.3 Å². The molecule has 0 bridgehead atoms. The fourth-order valence-electron chi connectivity index (χ4n) is 2.83. The average molecular weight is 395 g/mol. The molecule has 3 heterocycles. The second kappa shape index (κ2) is 7.61. The topological polar surface area (TPSA) is 100 Å². The highest BCUT2D eigenvalue weighted by Gasteiger charge is 2.26. The molecule has 1 aliphatic heterocycles. The Morgan fingerprint density at radius 2 is 2.11 bits per heavy atom. The van der Waals surface area contributed by atoms with E-state index in [1.807, 2.05) is 12.1 Å². The number of anilines is 3. The van der Waals surface area contributed by atoms with Gasteiger partial charge in [0.25, 0.3) is 0 Å². The number of nitrogens with one attached hydrogen (secondary N) is 2. The van der Waals surface area contributed by atoms with E-state index in [1.54, 1.807) is 30.3 Å². The van der Waals surface area contributed by atoms with Crippen LogP contribution in [0.25, 0.3) is 11.3 Å². The zero-order valence-corrected chi connectivity index (χ0v) is 15.3. The van der Waals surface area contributed by atoms with Crippen LogP contribution >= 0.6 is 11.6 Å². The number of rotatable bonds is 2. The largest absolute Gasteiger partial charge is 0.328 e. The molecule has 0 saturated carbocycles. The molecular weight excluding hydrogens is 380 g/mol. The Bertz CT molecular complexity index is 1040. The number of urea groups is 1. The highest BCUT2D eigenvalue weighted by molar-refractivity contribution is 6.30. The van der Waals surface area contributed by atoms with Crippen molar-refractivity contribution in [1.82, 2.24) is 15.0 Å². The number of nitrogens with zero attached hydrogens (tertiary/aromatic N) is 4. The van der Waals surface area contributed by atoms with Gasteiger partial charge in [-0.15, -0.1) is 0 Å². The molecule has 0 unspecified atom stereocenters. The number of hydrogen-bond donors (Lipinski definition) is 2. The summed E-state index contributed by atoms with van der Waals surface area (Å²) >= 11 is 6.08. The van der Waals surface area contributed by atoms with Gasteiger partial charge >= 0.3 is 6.03 Å². The van der Waals surface area contributed by atoms with Crippen LogP contribution < -0.4 is 15.5 Å². The fourth-order valence-corrected chi connectivity index (χ4v) is 3.02. The maximum Gasteiger partial charge on any atom is 0.328 e. The lowest BCUT2D eigenvalue weighted by Gasteiger charge is -2.21. The van der Waals surface area contributed by atoms with Crippen molar-refractivity contribution in [2.75, 3.05) is 22.1 Å². The van der Waals surface area contributed by atoms with Crippen LogP contribution in [0.5, 0.6) is 0 Å². The number of carbonyl (C=O) groups excluding carboxylic acids is 2. The molecule has 3 aromatic rings. The lowest BCUT2D eigenvalue weighted by molar-refractivity contribution is -0.115. The van der Waals surface area contributed by atoms with Gasteiger partial charge in [-0.1, -0.05) is 23.7 Å². The molecule has 2 N–H and O–H groups in total. The normalized spacial score (nSPS) is 13.3. The summed E-state index contributed by atoms with van der Waals surface area (Å²) in [5.74, 6) is 0.529. The molecule has 9 heteroatoms. The van der Waals surface area contributed by atoms with Crippen molar-refractivity contribution in [3.05, 3.63) is 60.0 Å². The van der Waals surface area contributed by atoms with Crippen molar-refractivity contribution in [1.29, 1.82) is 0 Å². The van der Waals surface area contributed by atoms with Gasteiger partial charge in [0.2, 0.25) is 5.91 Å². The van der Waals surface area contributed by atoms with Gasteiger partial charge in [0.05, 0.1) is 11.4 Å². The molecule has 0 saturated heterocycles. The number of pyridine rings is 1. The second-order valence-corrected chi connectivity index (χ2v) is 6.49. The second-order valence-electron chi connectivity index (χ2n) is 6.05. The van der Waals surface area contributed by atoms with Crippen LogP contribution in [0.15, 0.2) is 55.0 Å². The highest BCUT2D eigenvalue weighted by Crippen LogP contribution is 2.31. The number of halogens is 1. The Balaban J connectivity index is 1.72. The van der Waals surface area contributed by atoms with Gasteiger partial charge in [0.1, 0.15) is 12.1 Å². The quantitative estimate of drug-likeness (QED) is 0.692. The first-order chi connectivity index (χ1) is 13.6. The molecule has 0 atom stereocenters. The molecule has 0 radical (unpaired) electrons. The maximum atomic E-state index is 12.8. The van der Waals surface area contributed by atoms with Crippen LogP contribution in [-0.4, -0.2) is 33.4 Å². The lowest BCUT2D eigenvalue weighted by Crippen LogP contribution is -2.36. The van der Waals surface area contributed by atoms with Gasteiger partial charge < -0.3 is 5.32 Å². The van der Waals surface area contributed by atoms with Crippen LogP contribution in [-0.2, 0) is 4.79 Å². The first kappa shape index (κ1) is 17.9. The van der Waals surface area contributed by atoms with Crippen LogP contribution in [0.1, 0.15) is 6.42 Å². The van der Waals surface area contributed by atoms with Gasteiger partial charge in [0, 0.05) is 29.7 Å². The zero-order valence-electron chi connectivity index (χ0n) is 14.6. The van der Waals surface area contributed by atoms with E-state index in [4.69, 9.17) is 11.6 Å². The van der Waals surface area contributed by atoms with E-state index in [2.05, 4.69) is 25.6 Å².